The standard InChI is InChI=1S/C6H11NO3S/c1-3(8)5(11-2)4(7)6(9)10/h4-5H,7H2,1-2H3,(H,9,10)/t4-,5?/m0/s1. The van der Waals surface area contributed by atoms with Gasteiger partial charge in [0.25, 0.3) is 0 Å². The second-order valence-electron chi connectivity index (χ2n) is 2.13. The van der Waals surface area contributed by atoms with Gasteiger partial charge in [-0.25, -0.2) is 0 Å². The van der Waals surface area contributed by atoms with Gasteiger partial charge in [0.1, 0.15) is 11.8 Å². The van der Waals surface area contributed by atoms with Crippen molar-refractivity contribution < 1.29 is 14.7 Å². The molecule has 0 rings (SSSR count). The number of ketones is 1. The maximum absolute atomic E-state index is 10.8. The number of carboxylic acids is 1. The van der Waals surface area contributed by atoms with E-state index < -0.39 is 17.3 Å². The van der Waals surface area contributed by atoms with E-state index in [1.54, 1.807) is 6.26 Å². The lowest BCUT2D eigenvalue weighted by Gasteiger charge is -2.14. The molecule has 0 fully saturated rings. The summed E-state index contributed by atoms with van der Waals surface area (Å²) in [6.45, 7) is 1.34. The first-order chi connectivity index (χ1) is 5.00. The van der Waals surface area contributed by atoms with Crippen LogP contribution in [0.3, 0.4) is 0 Å². The Morgan fingerprint density at radius 1 is 1.55 bits per heavy atom. The zero-order valence-electron chi connectivity index (χ0n) is 6.40. The van der Waals surface area contributed by atoms with Gasteiger partial charge in [-0.15, -0.1) is 0 Å². The van der Waals surface area contributed by atoms with E-state index in [-0.39, 0.29) is 5.78 Å². The minimum absolute atomic E-state index is 0.201. The fourth-order valence-corrected chi connectivity index (χ4v) is 1.44. The van der Waals surface area contributed by atoms with Gasteiger partial charge in [-0.05, 0) is 13.2 Å². The fraction of sp³-hybridized carbons (Fsp3) is 0.667. The molecular weight excluding hydrogens is 166 g/mol. The van der Waals surface area contributed by atoms with Gasteiger partial charge in [0, 0.05) is 0 Å². The monoisotopic (exact) mass is 177 g/mol. The smallest absolute Gasteiger partial charge is 0.322 e. The predicted octanol–water partition coefficient (Wildman–Crippen LogP) is -0.281. The molecule has 64 valence electrons. The van der Waals surface area contributed by atoms with E-state index in [0.717, 1.165) is 11.8 Å². The van der Waals surface area contributed by atoms with E-state index in [2.05, 4.69) is 0 Å². The van der Waals surface area contributed by atoms with E-state index >= 15 is 0 Å². The minimum Gasteiger partial charge on any atom is -0.480 e. The number of carboxylic acid groups (broad SMARTS) is 1. The Bertz CT molecular complexity index is 171. The predicted molar refractivity (Wildman–Crippen MR) is 43.6 cm³/mol. The molecule has 0 aromatic heterocycles. The molecule has 0 bridgehead atoms. The molecule has 1 unspecified atom stereocenters. The molecule has 0 saturated carbocycles. The van der Waals surface area contributed by atoms with Crippen LogP contribution in [0.5, 0.6) is 0 Å². The van der Waals surface area contributed by atoms with Gasteiger partial charge in [-0.3, -0.25) is 9.59 Å². The Morgan fingerprint density at radius 3 is 2.09 bits per heavy atom. The van der Waals surface area contributed by atoms with Crippen LogP contribution < -0.4 is 5.73 Å². The molecule has 0 aromatic carbocycles. The molecule has 2 atom stereocenters. The van der Waals surface area contributed by atoms with Crippen LogP contribution in [-0.2, 0) is 9.59 Å². The van der Waals surface area contributed by atoms with Gasteiger partial charge in [-0.1, -0.05) is 0 Å². The zero-order valence-corrected chi connectivity index (χ0v) is 7.22. The van der Waals surface area contributed by atoms with Crippen LogP contribution in [0, 0.1) is 0 Å². The Hall–Kier alpha value is -0.550. The number of hydrogen-bond donors (Lipinski definition) is 2. The Labute approximate surface area is 69.1 Å². The molecule has 0 radical (unpaired) electrons. The van der Waals surface area contributed by atoms with Gasteiger partial charge in [0.05, 0.1) is 5.25 Å². The lowest BCUT2D eigenvalue weighted by atomic mass is 10.1. The summed E-state index contributed by atoms with van der Waals surface area (Å²) in [5.74, 6) is -1.34. The first-order valence-corrected chi connectivity index (χ1v) is 4.31. The first-order valence-electron chi connectivity index (χ1n) is 3.02. The molecule has 0 aromatic rings. The summed E-state index contributed by atoms with van der Waals surface area (Å²) in [4.78, 5) is 21.1. The van der Waals surface area contributed by atoms with Crippen molar-refractivity contribution in [2.45, 2.75) is 18.2 Å². The summed E-state index contributed by atoms with van der Waals surface area (Å²) >= 11 is 1.16. The second kappa shape index (κ2) is 4.35. The summed E-state index contributed by atoms with van der Waals surface area (Å²) in [5, 5.41) is 7.81. The highest BCUT2D eigenvalue weighted by atomic mass is 32.2. The van der Waals surface area contributed by atoms with Crippen LogP contribution in [0.2, 0.25) is 0 Å². The van der Waals surface area contributed by atoms with Crippen LogP contribution in [-0.4, -0.2) is 34.4 Å². The summed E-state index contributed by atoms with van der Waals surface area (Å²) in [6, 6.07) is -1.09. The van der Waals surface area contributed by atoms with E-state index in [4.69, 9.17) is 10.8 Å². The minimum atomic E-state index is -1.14. The van der Waals surface area contributed by atoms with Gasteiger partial charge >= 0.3 is 5.97 Å². The topological polar surface area (TPSA) is 80.4 Å². The van der Waals surface area contributed by atoms with Crippen molar-refractivity contribution in [3.63, 3.8) is 0 Å². The van der Waals surface area contributed by atoms with Crippen molar-refractivity contribution in [2.75, 3.05) is 6.26 Å². The maximum Gasteiger partial charge on any atom is 0.322 e. The molecule has 0 saturated heterocycles. The van der Waals surface area contributed by atoms with E-state index in [1.165, 1.54) is 6.92 Å². The number of Topliss-reactive ketones (excluding diaryl/α,β-unsaturated/α-hetero) is 1. The first kappa shape index (κ1) is 10.4. The summed E-state index contributed by atoms with van der Waals surface area (Å²) in [5.41, 5.74) is 5.23. The van der Waals surface area contributed by atoms with Gasteiger partial charge in [0.2, 0.25) is 0 Å². The third-order valence-electron chi connectivity index (χ3n) is 1.27. The number of thioether (sulfide) groups is 1. The molecule has 4 nitrogen and oxygen atoms in total. The number of rotatable bonds is 4. The average Bonchev–Trinajstić information content (AvgIpc) is 1.88. The van der Waals surface area contributed by atoms with E-state index in [1.807, 2.05) is 0 Å². The molecule has 0 heterocycles. The largest absolute Gasteiger partial charge is 0.480 e. The highest BCUT2D eigenvalue weighted by Crippen LogP contribution is 2.10. The third kappa shape index (κ3) is 2.90. The van der Waals surface area contributed by atoms with Crippen molar-refractivity contribution >= 4 is 23.5 Å². The van der Waals surface area contributed by atoms with Crippen LogP contribution in [0.25, 0.3) is 0 Å². The summed E-state index contributed by atoms with van der Waals surface area (Å²) in [6.07, 6.45) is 1.66. The van der Waals surface area contributed by atoms with Crippen LogP contribution in [0.1, 0.15) is 6.92 Å². The Morgan fingerprint density at radius 2 is 2.00 bits per heavy atom. The molecule has 3 N–H and O–H groups in total. The zero-order chi connectivity index (χ0) is 9.02. The molecule has 0 amide bonds. The third-order valence-corrected chi connectivity index (χ3v) is 2.40. The molecule has 5 heteroatoms. The number of nitrogens with two attached hydrogens (primary N) is 1. The molecule has 0 aliphatic carbocycles. The Balaban J connectivity index is 4.25. The normalized spacial score (nSPS) is 15.5. The number of aliphatic carboxylic acids is 1. The van der Waals surface area contributed by atoms with E-state index in [0.29, 0.717) is 0 Å². The maximum atomic E-state index is 10.8. The van der Waals surface area contributed by atoms with Crippen molar-refractivity contribution in [1.82, 2.24) is 0 Å². The SMILES string of the molecule is CSC(C(C)=O)[C@H](N)C(=O)O. The molecule has 0 aliphatic heterocycles. The molecule has 0 spiro atoms. The van der Waals surface area contributed by atoms with Crippen LogP contribution >= 0.6 is 11.8 Å². The lowest BCUT2D eigenvalue weighted by Crippen LogP contribution is -2.43. The average molecular weight is 177 g/mol. The second-order valence-corrected chi connectivity index (χ2v) is 3.11. The number of carbonyl (C=O) groups is 2. The van der Waals surface area contributed by atoms with Crippen LogP contribution in [0.4, 0.5) is 0 Å². The van der Waals surface area contributed by atoms with Crippen LogP contribution in [0.15, 0.2) is 0 Å². The van der Waals surface area contributed by atoms with Crippen molar-refractivity contribution in [3.05, 3.63) is 0 Å². The number of carbonyl (C=O) groups excluding carboxylic acids is 1. The quantitative estimate of drug-likeness (QED) is 0.617. The van der Waals surface area contributed by atoms with Crippen molar-refractivity contribution in [2.24, 2.45) is 5.73 Å². The number of hydrogen-bond acceptors (Lipinski definition) is 4. The highest BCUT2D eigenvalue weighted by molar-refractivity contribution is 8.00. The van der Waals surface area contributed by atoms with Gasteiger partial charge < -0.3 is 10.8 Å². The lowest BCUT2D eigenvalue weighted by molar-refractivity contribution is -0.139. The molecular formula is C6H11NO3S. The van der Waals surface area contributed by atoms with Gasteiger partial charge in [0.15, 0.2) is 0 Å². The molecule has 11 heavy (non-hydrogen) atoms. The van der Waals surface area contributed by atoms with E-state index in [9.17, 15) is 9.59 Å². The highest BCUT2D eigenvalue weighted by Gasteiger charge is 2.26. The summed E-state index contributed by atoms with van der Waals surface area (Å²) in [7, 11) is 0. The van der Waals surface area contributed by atoms with Crippen molar-refractivity contribution in [3.8, 4) is 0 Å². The Kier molecular flexibility index (Phi) is 4.14. The van der Waals surface area contributed by atoms with Gasteiger partial charge in [-0.2, -0.15) is 11.8 Å². The molecule has 0 aliphatic rings. The summed E-state index contributed by atoms with van der Waals surface area (Å²) < 4.78 is 0. The van der Waals surface area contributed by atoms with Crippen molar-refractivity contribution in [1.29, 1.82) is 0 Å². The fourth-order valence-electron chi connectivity index (χ4n) is 0.695.